The van der Waals surface area contributed by atoms with Crippen molar-refractivity contribution >= 4 is 37.2 Å². The average Bonchev–Trinajstić information content (AvgIpc) is 2.78. The molecular weight excluding hydrogens is 438 g/mol. The molecule has 0 saturated heterocycles. The molecular formula is C26H29OPSe. The quantitative estimate of drug-likeness (QED) is 0.208. The van der Waals surface area contributed by atoms with Crippen LogP contribution in [0.1, 0.15) is 39.0 Å². The van der Waals surface area contributed by atoms with Gasteiger partial charge in [0.2, 0.25) is 0 Å². The van der Waals surface area contributed by atoms with E-state index in [4.69, 9.17) is 0 Å². The second-order valence-electron chi connectivity index (χ2n) is 7.15. The van der Waals surface area contributed by atoms with E-state index in [0.717, 1.165) is 23.5 Å². The molecule has 0 spiro atoms. The van der Waals surface area contributed by atoms with Gasteiger partial charge in [0.05, 0.1) is 0 Å². The van der Waals surface area contributed by atoms with Gasteiger partial charge in [-0.2, -0.15) is 0 Å². The third-order valence-corrected chi connectivity index (χ3v) is 10.4. The summed E-state index contributed by atoms with van der Waals surface area (Å²) in [6.45, 7) is 2.24. The predicted molar refractivity (Wildman–Crippen MR) is 128 cm³/mol. The van der Waals surface area contributed by atoms with Crippen molar-refractivity contribution in [3.05, 3.63) is 101 Å². The monoisotopic (exact) mass is 468 g/mol. The zero-order valence-electron chi connectivity index (χ0n) is 17.0. The number of unbranched alkanes of at least 4 members (excludes halogenated alkanes) is 3. The van der Waals surface area contributed by atoms with Crippen molar-refractivity contribution in [3.63, 3.8) is 0 Å². The zero-order valence-corrected chi connectivity index (χ0v) is 19.6. The fourth-order valence-corrected chi connectivity index (χ4v) is 8.75. The summed E-state index contributed by atoms with van der Waals surface area (Å²) in [4.78, 5) is 0. The Balaban J connectivity index is 2.00. The fraction of sp³-hybridized carbons (Fsp3) is 0.231. The molecule has 0 aromatic heterocycles. The molecule has 0 fully saturated rings. The molecule has 3 heteroatoms. The van der Waals surface area contributed by atoms with Crippen LogP contribution in [0, 0.1) is 0 Å². The molecule has 0 bridgehead atoms. The third-order valence-electron chi connectivity index (χ3n) is 4.87. The molecule has 3 aromatic carbocycles. The topological polar surface area (TPSA) is 17.1 Å². The minimum absolute atomic E-state index is 0.187. The molecule has 0 unspecified atom stereocenters. The summed E-state index contributed by atoms with van der Waals surface area (Å²) >= 11 is 0.187. The molecule has 150 valence electrons. The molecule has 3 rings (SSSR count). The zero-order chi connectivity index (χ0) is 20.4. The van der Waals surface area contributed by atoms with Crippen molar-refractivity contribution in [2.75, 3.05) is 0 Å². The van der Waals surface area contributed by atoms with Crippen molar-refractivity contribution in [2.45, 2.75) is 39.0 Å². The van der Waals surface area contributed by atoms with Crippen molar-refractivity contribution in [2.24, 2.45) is 0 Å². The van der Waals surface area contributed by atoms with Gasteiger partial charge < -0.3 is 0 Å². The average molecular weight is 467 g/mol. The van der Waals surface area contributed by atoms with E-state index in [1.165, 1.54) is 28.2 Å². The van der Waals surface area contributed by atoms with Gasteiger partial charge in [-0.3, -0.25) is 0 Å². The molecule has 0 radical (unpaired) electrons. The summed E-state index contributed by atoms with van der Waals surface area (Å²) in [6, 6.07) is 30.6. The number of hydrogen-bond donors (Lipinski definition) is 0. The van der Waals surface area contributed by atoms with Gasteiger partial charge >= 0.3 is 182 Å². The van der Waals surface area contributed by atoms with Crippen LogP contribution in [0.5, 0.6) is 0 Å². The summed E-state index contributed by atoms with van der Waals surface area (Å²) in [6.07, 6.45) is 5.92. The van der Waals surface area contributed by atoms with Crippen molar-refractivity contribution < 1.29 is 4.57 Å². The SMILES string of the molecule is CCCCCC/C(=C\P(=O)(c1ccccc1)c1ccccc1)[Se]c1ccccc1. The summed E-state index contributed by atoms with van der Waals surface area (Å²) < 4.78 is 17.1. The molecule has 0 atom stereocenters. The van der Waals surface area contributed by atoms with Gasteiger partial charge in [-0.25, -0.2) is 0 Å². The number of benzene rings is 3. The van der Waals surface area contributed by atoms with E-state index in [9.17, 15) is 4.57 Å². The van der Waals surface area contributed by atoms with E-state index in [0.29, 0.717) is 0 Å². The summed E-state index contributed by atoms with van der Waals surface area (Å²) in [5.74, 6) is 2.14. The van der Waals surface area contributed by atoms with Gasteiger partial charge in [0, 0.05) is 0 Å². The van der Waals surface area contributed by atoms with Crippen LogP contribution in [0.25, 0.3) is 0 Å². The van der Waals surface area contributed by atoms with E-state index in [1.807, 2.05) is 60.7 Å². The Morgan fingerprint density at radius 1 is 0.759 bits per heavy atom. The Hall–Kier alpha value is -1.85. The first kappa shape index (κ1) is 21.8. The van der Waals surface area contributed by atoms with Crippen LogP contribution in [0.2, 0.25) is 0 Å². The van der Waals surface area contributed by atoms with Crippen LogP contribution < -0.4 is 15.1 Å². The molecule has 0 amide bonds. The number of allylic oxidation sites excluding steroid dienone is 1. The van der Waals surface area contributed by atoms with Crippen LogP contribution in [0.3, 0.4) is 0 Å². The van der Waals surface area contributed by atoms with Gasteiger partial charge in [0.15, 0.2) is 0 Å². The summed E-state index contributed by atoms with van der Waals surface area (Å²) in [5, 5.41) is 1.84. The van der Waals surface area contributed by atoms with Crippen LogP contribution in [0.15, 0.2) is 101 Å². The second-order valence-corrected chi connectivity index (χ2v) is 12.3. The Kier molecular flexibility index (Phi) is 8.56. The van der Waals surface area contributed by atoms with E-state index < -0.39 is 7.14 Å². The predicted octanol–water partition coefficient (Wildman–Crippen LogP) is 5.84. The summed E-state index contributed by atoms with van der Waals surface area (Å²) in [7, 11) is -2.82. The van der Waals surface area contributed by atoms with Gasteiger partial charge in [-0.1, -0.05) is 0 Å². The third kappa shape index (κ3) is 6.31. The first-order valence-electron chi connectivity index (χ1n) is 10.4. The molecule has 0 aliphatic rings. The molecule has 0 saturated carbocycles. The van der Waals surface area contributed by atoms with Crippen LogP contribution in [-0.4, -0.2) is 15.0 Å². The normalized spacial score (nSPS) is 12.1. The first-order chi connectivity index (χ1) is 14.2. The van der Waals surface area contributed by atoms with E-state index in [1.54, 1.807) is 0 Å². The van der Waals surface area contributed by atoms with E-state index in [2.05, 4.69) is 43.1 Å². The molecule has 0 heterocycles. The van der Waals surface area contributed by atoms with Gasteiger partial charge in [0.25, 0.3) is 0 Å². The van der Waals surface area contributed by atoms with Crippen LogP contribution >= 0.6 is 7.14 Å². The molecule has 29 heavy (non-hydrogen) atoms. The summed E-state index contributed by atoms with van der Waals surface area (Å²) in [5.41, 5.74) is 0. The minimum atomic E-state index is -2.82. The second kappa shape index (κ2) is 11.4. The molecule has 0 N–H and O–H groups in total. The van der Waals surface area contributed by atoms with Crippen molar-refractivity contribution in [1.82, 2.24) is 0 Å². The standard InChI is InChI=1S/C26H29OPSe/c1-2-3-4-12-21-26(29-25-19-13-7-14-20-25)22-28(27,23-15-8-5-9-16-23)24-17-10-6-11-18-24/h5-11,13-20,22H,2-4,12,21H2,1H3/b26-22+. The Morgan fingerprint density at radius 2 is 1.28 bits per heavy atom. The Bertz CT molecular complexity index is 893. The number of hydrogen-bond acceptors (Lipinski definition) is 1. The Morgan fingerprint density at radius 3 is 1.79 bits per heavy atom. The molecule has 3 aromatic rings. The van der Waals surface area contributed by atoms with Gasteiger partial charge in [0.1, 0.15) is 0 Å². The van der Waals surface area contributed by atoms with Crippen molar-refractivity contribution in [3.8, 4) is 0 Å². The van der Waals surface area contributed by atoms with Crippen LogP contribution in [-0.2, 0) is 4.57 Å². The van der Waals surface area contributed by atoms with Crippen molar-refractivity contribution in [1.29, 1.82) is 0 Å². The van der Waals surface area contributed by atoms with E-state index in [-0.39, 0.29) is 15.0 Å². The van der Waals surface area contributed by atoms with Gasteiger partial charge in [-0.05, 0) is 0 Å². The maximum absolute atomic E-state index is 14.4. The van der Waals surface area contributed by atoms with E-state index >= 15 is 0 Å². The molecule has 0 aliphatic carbocycles. The first-order valence-corrected chi connectivity index (χ1v) is 13.9. The van der Waals surface area contributed by atoms with Gasteiger partial charge in [-0.15, -0.1) is 0 Å². The maximum atomic E-state index is 14.4. The van der Waals surface area contributed by atoms with Crippen LogP contribution in [0.4, 0.5) is 0 Å². The fourth-order valence-electron chi connectivity index (χ4n) is 3.31. The molecule has 1 nitrogen and oxygen atoms in total. The Labute approximate surface area is 181 Å². The number of rotatable bonds is 10. The molecule has 0 aliphatic heterocycles.